The van der Waals surface area contributed by atoms with Crippen LogP contribution in [0.25, 0.3) is 0 Å². The van der Waals surface area contributed by atoms with E-state index in [1.54, 1.807) is 24.4 Å². The molecule has 120 valence electrons. The third-order valence-electron chi connectivity index (χ3n) is 2.93. The highest BCUT2D eigenvalue weighted by atomic mass is 16.5. The Hall–Kier alpha value is -2.82. The summed E-state index contributed by atoms with van der Waals surface area (Å²) in [6.45, 7) is 8.17. The molecule has 2 N–H and O–H groups in total. The minimum absolute atomic E-state index is 0.119. The predicted molar refractivity (Wildman–Crippen MR) is 93.1 cm³/mol. The van der Waals surface area contributed by atoms with Gasteiger partial charge in [0, 0.05) is 24.0 Å². The van der Waals surface area contributed by atoms with E-state index in [4.69, 9.17) is 4.74 Å². The van der Waals surface area contributed by atoms with Crippen molar-refractivity contribution in [1.29, 1.82) is 0 Å². The van der Waals surface area contributed by atoms with Crippen molar-refractivity contribution in [3.05, 3.63) is 60.8 Å². The van der Waals surface area contributed by atoms with E-state index in [2.05, 4.69) is 22.2 Å². The number of ether oxygens (including phenoxy) is 1. The summed E-state index contributed by atoms with van der Waals surface area (Å²) in [6, 6.07) is 10.7. The summed E-state index contributed by atoms with van der Waals surface area (Å²) in [6.07, 6.45) is 3.45. The number of hydrogen-bond acceptors (Lipinski definition) is 4. The molecule has 0 atom stereocenters. The number of pyridine rings is 1. The highest BCUT2D eigenvalue weighted by Gasteiger charge is 2.07. The van der Waals surface area contributed by atoms with Crippen LogP contribution in [0.2, 0.25) is 0 Å². The Morgan fingerprint density at radius 3 is 2.70 bits per heavy atom. The lowest BCUT2D eigenvalue weighted by Gasteiger charge is -2.11. The Bertz CT molecular complexity index is 666. The lowest BCUT2D eigenvalue weighted by molar-refractivity contribution is 0.102. The average Bonchev–Trinajstić information content (AvgIpc) is 2.54. The van der Waals surface area contributed by atoms with Gasteiger partial charge in [0.25, 0.3) is 5.91 Å². The topological polar surface area (TPSA) is 63.2 Å². The molecule has 0 aliphatic rings. The molecule has 1 heterocycles. The van der Waals surface area contributed by atoms with Crippen LogP contribution in [0.15, 0.2) is 55.3 Å². The molecule has 0 fully saturated rings. The lowest BCUT2D eigenvalue weighted by atomic mass is 10.2. The van der Waals surface area contributed by atoms with Crippen molar-refractivity contribution in [1.82, 2.24) is 4.98 Å². The summed E-state index contributed by atoms with van der Waals surface area (Å²) in [7, 11) is 0. The average molecular weight is 311 g/mol. The molecule has 0 saturated heterocycles. The molecule has 2 aromatic rings. The van der Waals surface area contributed by atoms with Gasteiger partial charge in [-0.15, -0.1) is 6.58 Å². The highest BCUT2D eigenvalue weighted by Crippen LogP contribution is 2.18. The van der Waals surface area contributed by atoms with E-state index < -0.39 is 0 Å². The van der Waals surface area contributed by atoms with E-state index >= 15 is 0 Å². The second-order valence-corrected chi connectivity index (χ2v) is 5.24. The van der Waals surface area contributed by atoms with E-state index in [-0.39, 0.29) is 12.0 Å². The standard InChI is InChI=1S/C18H21N3O2/c1-4-10-19-17-12-14(9-11-20-17)18(22)21-15-5-7-16(8-6-15)23-13(2)3/h4-9,11-13H,1,10H2,2-3H3,(H,19,20)(H,21,22). The van der Waals surface area contributed by atoms with Gasteiger partial charge in [0.2, 0.25) is 0 Å². The molecule has 2 rings (SSSR count). The Morgan fingerprint density at radius 1 is 1.30 bits per heavy atom. The monoisotopic (exact) mass is 311 g/mol. The van der Waals surface area contributed by atoms with E-state index in [9.17, 15) is 4.79 Å². The van der Waals surface area contributed by atoms with Gasteiger partial charge in [-0.25, -0.2) is 4.98 Å². The number of carbonyl (C=O) groups is 1. The summed E-state index contributed by atoms with van der Waals surface area (Å²) in [5.41, 5.74) is 1.25. The number of carbonyl (C=O) groups excluding carboxylic acids is 1. The summed E-state index contributed by atoms with van der Waals surface area (Å²) >= 11 is 0. The molecule has 1 amide bonds. The Balaban J connectivity index is 2.02. The van der Waals surface area contributed by atoms with E-state index in [0.29, 0.717) is 23.6 Å². The van der Waals surface area contributed by atoms with Crippen LogP contribution >= 0.6 is 0 Å². The zero-order valence-electron chi connectivity index (χ0n) is 13.4. The quantitative estimate of drug-likeness (QED) is 0.765. The fraction of sp³-hybridized carbons (Fsp3) is 0.222. The SMILES string of the molecule is C=CCNc1cc(C(=O)Nc2ccc(OC(C)C)cc2)ccn1. The Labute approximate surface area is 136 Å². The van der Waals surface area contributed by atoms with Crippen molar-refractivity contribution in [2.75, 3.05) is 17.2 Å². The smallest absolute Gasteiger partial charge is 0.255 e. The number of nitrogens with one attached hydrogen (secondary N) is 2. The third kappa shape index (κ3) is 5.14. The molecule has 0 radical (unpaired) electrons. The maximum Gasteiger partial charge on any atom is 0.255 e. The number of amides is 1. The van der Waals surface area contributed by atoms with E-state index in [1.165, 1.54) is 0 Å². The first-order valence-corrected chi connectivity index (χ1v) is 7.47. The van der Waals surface area contributed by atoms with Gasteiger partial charge in [0.15, 0.2) is 0 Å². The largest absolute Gasteiger partial charge is 0.491 e. The molecular formula is C18H21N3O2. The number of anilines is 2. The van der Waals surface area contributed by atoms with Gasteiger partial charge in [-0.2, -0.15) is 0 Å². The van der Waals surface area contributed by atoms with Gasteiger partial charge in [-0.05, 0) is 50.2 Å². The molecule has 0 aliphatic carbocycles. The van der Waals surface area contributed by atoms with Crippen LogP contribution in [0.4, 0.5) is 11.5 Å². The maximum atomic E-state index is 12.3. The van der Waals surface area contributed by atoms with Crippen molar-refractivity contribution in [2.45, 2.75) is 20.0 Å². The van der Waals surface area contributed by atoms with Gasteiger partial charge in [0.1, 0.15) is 11.6 Å². The predicted octanol–water partition coefficient (Wildman–Crippen LogP) is 3.72. The van der Waals surface area contributed by atoms with E-state index in [1.807, 2.05) is 38.1 Å². The van der Waals surface area contributed by atoms with Crippen LogP contribution in [0.1, 0.15) is 24.2 Å². The number of aromatic nitrogens is 1. The molecule has 1 aromatic carbocycles. The van der Waals surface area contributed by atoms with Gasteiger partial charge in [-0.1, -0.05) is 6.08 Å². The van der Waals surface area contributed by atoms with E-state index in [0.717, 1.165) is 5.75 Å². The minimum atomic E-state index is -0.188. The normalized spacial score (nSPS) is 10.2. The van der Waals surface area contributed by atoms with Crippen molar-refractivity contribution >= 4 is 17.4 Å². The van der Waals surface area contributed by atoms with Crippen molar-refractivity contribution in [2.24, 2.45) is 0 Å². The van der Waals surface area contributed by atoms with Crippen LogP contribution < -0.4 is 15.4 Å². The van der Waals surface area contributed by atoms with Crippen LogP contribution in [0.3, 0.4) is 0 Å². The second kappa shape index (κ2) is 7.98. The van der Waals surface area contributed by atoms with Crippen LogP contribution in [-0.2, 0) is 0 Å². The molecule has 1 aromatic heterocycles. The molecule has 5 nitrogen and oxygen atoms in total. The minimum Gasteiger partial charge on any atom is -0.491 e. The first kappa shape index (κ1) is 16.5. The molecule has 0 unspecified atom stereocenters. The Morgan fingerprint density at radius 2 is 2.04 bits per heavy atom. The maximum absolute atomic E-state index is 12.3. The fourth-order valence-corrected chi connectivity index (χ4v) is 1.94. The number of benzene rings is 1. The number of nitrogens with zero attached hydrogens (tertiary/aromatic N) is 1. The van der Waals surface area contributed by atoms with Gasteiger partial charge in [-0.3, -0.25) is 4.79 Å². The Kier molecular flexibility index (Phi) is 5.74. The number of rotatable bonds is 7. The second-order valence-electron chi connectivity index (χ2n) is 5.24. The van der Waals surface area contributed by atoms with Crippen molar-refractivity contribution < 1.29 is 9.53 Å². The zero-order chi connectivity index (χ0) is 16.7. The molecule has 0 aliphatic heterocycles. The van der Waals surface area contributed by atoms with Crippen molar-refractivity contribution in [3.63, 3.8) is 0 Å². The summed E-state index contributed by atoms with van der Waals surface area (Å²) in [4.78, 5) is 16.4. The van der Waals surface area contributed by atoms with Crippen LogP contribution in [-0.4, -0.2) is 23.5 Å². The molecule has 5 heteroatoms. The molecule has 0 saturated carbocycles. The first-order valence-electron chi connectivity index (χ1n) is 7.47. The zero-order valence-corrected chi connectivity index (χ0v) is 13.4. The molecule has 23 heavy (non-hydrogen) atoms. The summed E-state index contributed by atoms with van der Waals surface area (Å²) in [5, 5.41) is 5.91. The summed E-state index contributed by atoms with van der Waals surface area (Å²) < 4.78 is 5.57. The highest BCUT2D eigenvalue weighted by molar-refractivity contribution is 6.04. The van der Waals surface area contributed by atoms with Gasteiger partial charge in [0.05, 0.1) is 6.10 Å². The lowest BCUT2D eigenvalue weighted by Crippen LogP contribution is -2.13. The van der Waals surface area contributed by atoms with Crippen LogP contribution in [0.5, 0.6) is 5.75 Å². The fourth-order valence-electron chi connectivity index (χ4n) is 1.94. The third-order valence-corrected chi connectivity index (χ3v) is 2.93. The molecule has 0 bridgehead atoms. The number of hydrogen-bond donors (Lipinski definition) is 2. The summed E-state index contributed by atoms with van der Waals surface area (Å²) in [5.74, 6) is 1.22. The molecule has 0 spiro atoms. The van der Waals surface area contributed by atoms with Gasteiger partial charge < -0.3 is 15.4 Å². The first-order chi connectivity index (χ1) is 11.1. The van der Waals surface area contributed by atoms with Crippen molar-refractivity contribution in [3.8, 4) is 5.75 Å². The molecular weight excluding hydrogens is 290 g/mol. The van der Waals surface area contributed by atoms with Gasteiger partial charge >= 0.3 is 0 Å². The van der Waals surface area contributed by atoms with Crippen LogP contribution in [0, 0.1) is 0 Å².